The van der Waals surface area contributed by atoms with E-state index in [1.165, 1.54) is 17.4 Å². The van der Waals surface area contributed by atoms with Gasteiger partial charge in [0.05, 0.1) is 6.61 Å². The SMILES string of the molecule is CCCCOc1ccccc1/C=C/C(=O)Nc1nnc(C)s1. The molecule has 0 unspecified atom stereocenters. The largest absolute Gasteiger partial charge is 0.493 e. The molecule has 1 aromatic carbocycles. The number of anilines is 1. The van der Waals surface area contributed by atoms with Gasteiger partial charge in [0.15, 0.2) is 0 Å². The number of hydrogen-bond donors (Lipinski definition) is 1. The summed E-state index contributed by atoms with van der Waals surface area (Å²) in [6.45, 7) is 4.64. The molecule has 0 saturated carbocycles. The molecular weight excluding hydrogens is 298 g/mol. The lowest BCUT2D eigenvalue weighted by atomic mass is 10.2. The Hall–Kier alpha value is -2.21. The molecule has 2 rings (SSSR count). The van der Waals surface area contributed by atoms with Crippen LogP contribution in [0.5, 0.6) is 5.75 Å². The standard InChI is InChI=1S/C16H19N3O2S/c1-3-4-11-21-14-8-6-5-7-13(14)9-10-15(20)17-16-19-18-12(2)22-16/h5-10H,3-4,11H2,1-2H3,(H,17,19,20)/b10-9+. The van der Waals surface area contributed by atoms with E-state index in [-0.39, 0.29) is 5.91 Å². The Kier molecular flexibility index (Phi) is 6.09. The van der Waals surface area contributed by atoms with Crippen molar-refractivity contribution in [1.82, 2.24) is 10.2 Å². The summed E-state index contributed by atoms with van der Waals surface area (Å²) in [6.07, 6.45) is 5.31. The fourth-order valence-corrected chi connectivity index (χ4v) is 2.33. The van der Waals surface area contributed by atoms with Crippen molar-refractivity contribution in [3.05, 3.63) is 40.9 Å². The first-order valence-corrected chi connectivity index (χ1v) is 8.01. The van der Waals surface area contributed by atoms with E-state index in [0.29, 0.717) is 11.7 Å². The second-order valence-electron chi connectivity index (χ2n) is 4.69. The fourth-order valence-electron chi connectivity index (χ4n) is 1.74. The van der Waals surface area contributed by atoms with Gasteiger partial charge in [-0.15, -0.1) is 10.2 Å². The van der Waals surface area contributed by atoms with E-state index in [4.69, 9.17) is 4.74 Å². The number of carbonyl (C=O) groups is 1. The molecule has 1 aromatic heterocycles. The van der Waals surface area contributed by atoms with Crippen LogP contribution in [0, 0.1) is 6.92 Å². The molecule has 6 heteroatoms. The van der Waals surface area contributed by atoms with Crippen molar-refractivity contribution in [2.45, 2.75) is 26.7 Å². The summed E-state index contributed by atoms with van der Waals surface area (Å²) in [6, 6.07) is 7.66. The van der Waals surface area contributed by atoms with E-state index in [9.17, 15) is 4.79 Å². The molecule has 0 aliphatic heterocycles. The van der Waals surface area contributed by atoms with Crippen LogP contribution in [0.4, 0.5) is 5.13 Å². The van der Waals surface area contributed by atoms with E-state index in [1.807, 2.05) is 31.2 Å². The van der Waals surface area contributed by atoms with Gasteiger partial charge in [-0.1, -0.05) is 42.9 Å². The first-order valence-electron chi connectivity index (χ1n) is 7.20. The Labute approximate surface area is 134 Å². The van der Waals surface area contributed by atoms with Crippen molar-refractivity contribution < 1.29 is 9.53 Å². The van der Waals surface area contributed by atoms with Gasteiger partial charge < -0.3 is 4.74 Å². The smallest absolute Gasteiger partial charge is 0.250 e. The first-order chi connectivity index (χ1) is 10.7. The monoisotopic (exact) mass is 317 g/mol. The molecule has 0 spiro atoms. The predicted octanol–water partition coefficient (Wildman–Crippen LogP) is 3.68. The van der Waals surface area contributed by atoms with Crippen molar-refractivity contribution in [1.29, 1.82) is 0 Å². The molecular formula is C16H19N3O2S. The van der Waals surface area contributed by atoms with Gasteiger partial charge in [-0.2, -0.15) is 0 Å². The zero-order chi connectivity index (χ0) is 15.8. The molecule has 5 nitrogen and oxygen atoms in total. The van der Waals surface area contributed by atoms with Gasteiger partial charge >= 0.3 is 0 Å². The Morgan fingerprint density at radius 1 is 1.36 bits per heavy atom. The zero-order valence-corrected chi connectivity index (χ0v) is 13.5. The molecule has 0 radical (unpaired) electrons. The summed E-state index contributed by atoms with van der Waals surface area (Å²) in [5, 5.41) is 11.7. The van der Waals surface area contributed by atoms with Crippen LogP contribution < -0.4 is 10.1 Å². The number of carbonyl (C=O) groups excluding carboxylic acids is 1. The normalized spacial score (nSPS) is 10.8. The van der Waals surface area contributed by atoms with Gasteiger partial charge in [0, 0.05) is 11.6 Å². The minimum absolute atomic E-state index is 0.237. The van der Waals surface area contributed by atoms with Gasteiger partial charge in [0.25, 0.3) is 0 Å². The summed E-state index contributed by atoms with van der Waals surface area (Å²) in [5.41, 5.74) is 0.877. The molecule has 2 aromatic rings. The van der Waals surface area contributed by atoms with Crippen molar-refractivity contribution >= 4 is 28.5 Å². The Morgan fingerprint density at radius 2 is 2.18 bits per heavy atom. The number of nitrogens with one attached hydrogen (secondary N) is 1. The molecule has 0 bridgehead atoms. The second kappa shape index (κ2) is 8.29. The number of benzene rings is 1. The lowest BCUT2D eigenvalue weighted by Gasteiger charge is -2.08. The number of ether oxygens (including phenoxy) is 1. The van der Waals surface area contributed by atoms with Gasteiger partial charge in [-0.25, -0.2) is 0 Å². The minimum atomic E-state index is -0.237. The van der Waals surface area contributed by atoms with Crippen molar-refractivity contribution in [3.8, 4) is 5.75 Å². The maximum absolute atomic E-state index is 11.9. The van der Waals surface area contributed by atoms with Crippen molar-refractivity contribution in [2.75, 3.05) is 11.9 Å². The van der Waals surface area contributed by atoms with E-state index in [2.05, 4.69) is 22.4 Å². The Bertz CT molecular complexity index is 652. The topological polar surface area (TPSA) is 64.1 Å². The average molecular weight is 317 g/mol. The summed E-state index contributed by atoms with van der Waals surface area (Å²) in [4.78, 5) is 11.9. The third-order valence-electron chi connectivity index (χ3n) is 2.84. The summed E-state index contributed by atoms with van der Waals surface area (Å²) in [5.74, 6) is 0.547. The van der Waals surface area contributed by atoms with E-state index < -0.39 is 0 Å². The van der Waals surface area contributed by atoms with Gasteiger partial charge in [-0.3, -0.25) is 10.1 Å². The number of amides is 1. The van der Waals surface area contributed by atoms with E-state index in [0.717, 1.165) is 29.2 Å². The van der Waals surface area contributed by atoms with Crippen LogP contribution >= 0.6 is 11.3 Å². The van der Waals surface area contributed by atoms with E-state index in [1.54, 1.807) is 6.08 Å². The fraction of sp³-hybridized carbons (Fsp3) is 0.312. The summed E-state index contributed by atoms with van der Waals surface area (Å²) < 4.78 is 5.73. The maximum Gasteiger partial charge on any atom is 0.250 e. The Balaban J connectivity index is 1.98. The van der Waals surface area contributed by atoms with Crippen LogP contribution in [0.3, 0.4) is 0 Å². The molecule has 0 saturated heterocycles. The van der Waals surface area contributed by atoms with Crippen LogP contribution in [0.2, 0.25) is 0 Å². The maximum atomic E-state index is 11.9. The van der Waals surface area contributed by atoms with Crippen LogP contribution in [0.15, 0.2) is 30.3 Å². The van der Waals surface area contributed by atoms with Gasteiger partial charge in [0.2, 0.25) is 11.0 Å². The number of unbranched alkanes of at least 4 members (excludes halogenated alkanes) is 1. The van der Waals surface area contributed by atoms with Crippen molar-refractivity contribution in [2.24, 2.45) is 0 Å². The highest BCUT2D eigenvalue weighted by atomic mass is 32.1. The van der Waals surface area contributed by atoms with Crippen LogP contribution in [-0.4, -0.2) is 22.7 Å². The lowest BCUT2D eigenvalue weighted by Crippen LogP contribution is -2.07. The van der Waals surface area contributed by atoms with Gasteiger partial charge in [0.1, 0.15) is 10.8 Å². The molecule has 0 aliphatic rings. The molecule has 0 atom stereocenters. The molecule has 0 aliphatic carbocycles. The second-order valence-corrected chi connectivity index (χ2v) is 5.87. The number of para-hydroxylation sites is 1. The average Bonchev–Trinajstić information content (AvgIpc) is 2.91. The molecule has 22 heavy (non-hydrogen) atoms. The number of aryl methyl sites for hydroxylation is 1. The summed E-state index contributed by atoms with van der Waals surface area (Å²) >= 11 is 1.34. The van der Waals surface area contributed by atoms with Crippen LogP contribution in [0.1, 0.15) is 30.3 Å². The molecule has 1 heterocycles. The van der Waals surface area contributed by atoms with E-state index >= 15 is 0 Å². The number of nitrogens with zero attached hydrogens (tertiary/aromatic N) is 2. The molecule has 0 fully saturated rings. The summed E-state index contributed by atoms with van der Waals surface area (Å²) in [7, 11) is 0. The minimum Gasteiger partial charge on any atom is -0.493 e. The zero-order valence-electron chi connectivity index (χ0n) is 12.7. The quantitative estimate of drug-likeness (QED) is 0.625. The number of hydrogen-bond acceptors (Lipinski definition) is 5. The molecule has 116 valence electrons. The molecule has 1 N–H and O–H groups in total. The highest BCUT2D eigenvalue weighted by Crippen LogP contribution is 2.20. The first kappa shape index (κ1) is 16.2. The predicted molar refractivity (Wildman–Crippen MR) is 89.2 cm³/mol. The highest BCUT2D eigenvalue weighted by Gasteiger charge is 2.04. The van der Waals surface area contributed by atoms with Crippen molar-refractivity contribution in [3.63, 3.8) is 0 Å². The third kappa shape index (κ3) is 4.96. The highest BCUT2D eigenvalue weighted by molar-refractivity contribution is 7.15. The van der Waals surface area contributed by atoms with Crippen LogP contribution in [0.25, 0.3) is 6.08 Å². The van der Waals surface area contributed by atoms with Crippen LogP contribution in [-0.2, 0) is 4.79 Å². The number of rotatable bonds is 7. The number of aromatic nitrogens is 2. The molecule has 1 amide bonds. The van der Waals surface area contributed by atoms with Gasteiger partial charge in [-0.05, 0) is 25.5 Å². The lowest BCUT2D eigenvalue weighted by molar-refractivity contribution is -0.111. The third-order valence-corrected chi connectivity index (χ3v) is 3.60. The Morgan fingerprint density at radius 3 is 2.91 bits per heavy atom.